The van der Waals surface area contributed by atoms with E-state index in [9.17, 15) is 9.59 Å². The molecule has 1 fully saturated rings. The van der Waals surface area contributed by atoms with Gasteiger partial charge in [-0.3, -0.25) is 9.59 Å². The summed E-state index contributed by atoms with van der Waals surface area (Å²) in [6.07, 6.45) is 5.31. The number of carbonyl (C=O) groups is 2. The minimum atomic E-state index is -0.439. The van der Waals surface area contributed by atoms with E-state index in [1.165, 1.54) is 19.4 Å². The van der Waals surface area contributed by atoms with Crippen LogP contribution in [0.25, 0.3) is 0 Å². The third kappa shape index (κ3) is 2.68. The molecule has 2 aliphatic heterocycles. The van der Waals surface area contributed by atoms with Gasteiger partial charge in [-0.25, -0.2) is 0 Å². The summed E-state index contributed by atoms with van der Waals surface area (Å²) >= 11 is 0. The summed E-state index contributed by atoms with van der Waals surface area (Å²) in [4.78, 5) is 25.7. The molecule has 2 aliphatic carbocycles. The number of likely N-dealkylation sites (tertiary alicyclic amines) is 1. The van der Waals surface area contributed by atoms with Crippen LogP contribution in [-0.2, 0) is 26.2 Å². The van der Waals surface area contributed by atoms with E-state index < -0.39 is 6.10 Å². The summed E-state index contributed by atoms with van der Waals surface area (Å²) in [6.45, 7) is 3.77. The van der Waals surface area contributed by atoms with Crippen molar-refractivity contribution in [2.45, 2.75) is 50.4 Å². The van der Waals surface area contributed by atoms with Crippen LogP contribution in [0.1, 0.15) is 32.8 Å². The fraction of sp³-hybridized carbons (Fsp3) is 0.524. The summed E-state index contributed by atoms with van der Waals surface area (Å²) in [6, 6.07) is 4.28. The zero-order valence-electron chi connectivity index (χ0n) is 16.7. The predicted octanol–water partition coefficient (Wildman–Crippen LogP) is 1.18. The zero-order chi connectivity index (χ0) is 18.9. The van der Waals surface area contributed by atoms with Crippen LogP contribution in [0.2, 0.25) is 0 Å². The van der Waals surface area contributed by atoms with E-state index >= 15 is 0 Å². The topological polar surface area (TPSA) is 65.1 Å². The van der Waals surface area contributed by atoms with E-state index in [2.05, 4.69) is 24.1 Å². The van der Waals surface area contributed by atoms with Crippen LogP contribution in [0, 0.1) is 5.92 Å². The molecule has 0 amide bonds. The molecule has 5 rings (SSSR count). The smallest absolute Gasteiger partial charge is 1.00 e. The van der Waals surface area contributed by atoms with E-state index in [1.807, 2.05) is 12.1 Å². The Labute approximate surface area is 195 Å². The monoisotopic (exact) mass is 412 g/mol. The minimum Gasteiger partial charge on any atom is 1.00 e. The van der Waals surface area contributed by atoms with Gasteiger partial charge in [0.1, 0.15) is 6.10 Å². The number of esters is 2. The zero-order valence-corrected chi connectivity index (χ0v) is 15.7. The van der Waals surface area contributed by atoms with Crippen molar-refractivity contribution in [2.24, 2.45) is 5.92 Å². The molecule has 146 valence electrons. The molecule has 6 nitrogen and oxygen atoms in total. The Bertz CT molecular complexity index is 890. The molecule has 2 heterocycles. The SMILES string of the molecule is CC(=O)Oc1ccc2c3c1O[C@H]1[C@@H](OC(C)=O)C=C[C@H]4[C@@H](C2)N(C)CC[C@@]341.[CaH2].[H+]. The van der Waals surface area contributed by atoms with Crippen molar-refractivity contribution in [3.8, 4) is 11.5 Å². The van der Waals surface area contributed by atoms with Gasteiger partial charge < -0.3 is 19.1 Å². The number of nitrogens with zero attached hydrogens (tertiary/aromatic N) is 1. The van der Waals surface area contributed by atoms with Crippen molar-refractivity contribution in [1.29, 1.82) is 0 Å². The van der Waals surface area contributed by atoms with E-state index in [0.29, 0.717) is 17.5 Å². The van der Waals surface area contributed by atoms with Gasteiger partial charge in [0.15, 0.2) is 17.6 Å². The number of benzene rings is 1. The Hall–Kier alpha value is -1.08. The van der Waals surface area contributed by atoms with Crippen molar-refractivity contribution in [3.63, 3.8) is 0 Å². The minimum absolute atomic E-state index is 0. The van der Waals surface area contributed by atoms with Gasteiger partial charge in [-0.05, 0) is 44.1 Å². The molecule has 7 heteroatoms. The van der Waals surface area contributed by atoms with Crippen LogP contribution in [0.15, 0.2) is 24.3 Å². The number of ether oxygens (including phenoxy) is 3. The molecular formula is C21H26CaNO5+. The molecule has 1 spiro atoms. The molecule has 0 unspecified atom stereocenters. The van der Waals surface area contributed by atoms with Crippen LogP contribution in [0.5, 0.6) is 11.5 Å². The maximum Gasteiger partial charge on any atom is 1.00 e. The fourth-order valence-corrected chi connectivity index (χ4v) is 5.74. The van der Waals surface area contributed by atoms with Gasteiger partial charge in [-0.1, -0.05) is 12.1 Å². The second-order valence-electron chi connectivity index (χ2n) is 8.09. The van der Waals surface area contributed by atoms with Gasteiger partial charge in [0, 0.05) is 36.8 Å². The molecule has 0 N–H and O–H groups in total. The average molecular weight is 413 g/mol. The van der Waals surface area contributed by atoms with Crippen molar-refractivity contribution in [1.82, 2.24) is 4.90 Å². The summed E-state index contributed by atoms with van der Waals surface area (Å²) in [7, 11) is 2.17. The quantitative estimate of drug-likeness (QED) is 0.315. The predicted molar refractivity (Wildman–Crippen MR) is 106 cm³/mol. The first-order chi connectivity index (χ1) is 12.9. The standard InChI is InChI=1S/C21H23NO5.Ca.2H/c1-11(23)25-16-6-4-13-10-15-14-5-7-17(26-12(2)24)20-21(14,8-9-22(15)3)18(13)19(16)27-20;;;/h4-7,14-15,17,20H,8-10H2,1-3H3;;;/p+1/t14-,15+,17-,20-,21-;;;/m0.../s1. The second kappa shape index (κ2) is 7.01. The number of piperidine rings is 1. The summed E-state index contributed by atoms with van der Waals surface area (Å²) < 4.78 is 17.5. The number of rotatable bonds is 2. The molecule has 1 saturated heterocycles. The third-order valence-corrected chi connectivity index (χ3v) is 6.67. The van der Waals surface area contributed by atoms with E-state index in [-0.39, 0.29) is 68.5 Å². The number of hydrogen-bond donors (Lipinski definition) is 0. The van der Waals surface area contributed by atoms with Gasteiger partial charge >= 0.3 is 51.1 Å². The average Bonchev–Trinajstić information content (AvgIpc) is 2.95. The maximum atomic E-state index is 11.7. The first-order valence-electron chi connectivity index (χ1n) is 9.49. The molecule has 0 saturated carbocycles. The molecule has 28 heavy (non-hydrogen) atoms. The maximum absolute atomic E-state index is 11.7. The van der Waals surface area contributed by atoms with Gasteiger partial charge in [0.05, 0.1) is 0 Å². The van der Waals surface area contributed by atoms with Gasteiger partial charge in [-0.15, -0.1) is 0 Å². The molecular weight excluding hydrogens is 386 g/mol. The van der Waals surface area contributed by atoms with E-state index in [1.54, 1.807) is 0 Å². The largest absolute Gasteiger partial charge is 1.00 e. The number of carbonyl (C=O) groups excluding carboxylic acids is 2. The molecule has 2 bridgehead atoms. The Morgan fingerprint density at radius 3 is 2.75 bits per heavy atom. The first-order valence-corrected chi connectivity index (χ1v) is 9.49. The Balaban J connectivity index is 0.00000120. The van der Waals surface area contributed by atoms with Crippen LogP contribution in [0.3, 0.4) is 0 Å². The van der Waals surface area contributed by atoms with Crippen LogP contribution in [0.4, 0.5) is 0 Å². The van der Waals surface area contributed by atoms with Gasteiger partial charge in [0.2, 0.25) is 0 Å². The molecule has 5 atom stereocenters. The van der Waals surface area contributed by atoms with Gasteiger partial charge in [-0.2, -0.15) is 0 Å². The van der Waals surface area contributed by atoms with Gasteiger partial charge in [0.25, 0.3) is 0 Å². The fourth-order valence-electron chi connectivity index (χ4n) is 5.74. The normalized spacial score (nSPS) is 34.0. The van der Waals surface area contributed by atoms with Crippen molar-refractivity contribution in [2.75, 3.05) is 13.6 Å². The summed E-state index contributed by atoms with van der Waals surface area (Å²) in [5.41, 5.74) is 2.15. The van der Waals surface area contributed by atoms with Crippen LogP contribution in [-0.4, -0.2) is 86.4 Å². The van der Waals surface area contributed by atoms with Crippen molar-refractivity contribution < 1.29 is 25.2 Å². The number of hydrogen-bond acceptors (Lipinski definition) is 6. The van der Waals surface area contributed by atoms with Crippen LogP contribution >= 0.6 is 0 Å². The van der Waals surface area contributed by atoms with E-state index in [0.717, 1.165) is 24.9 Å². The second-order valence-corrected chi connectivity index (χ2v) is 8.09. The van der Waals surface area contributed by atoms with Crippen molar-refractivity contribution in [3.05, 3.63) is 35.4 Å². The molecule has 1 aromatic carbocycles. The first kappa shape index (κ1) is 20.2. The number of likely N-dealkylation sites (N-methyl/N-ethyl adjacent to an activating group) is 1. The Kier molecular flexibility index (Phi) is 5.06. The van der Waals surface area contributed by atoms with Crippen LogP contribution < -0.4 is 9.47 Å². The summed E-state index contributed by atoms with van der Waals surface area (Å²) in [5.74, 6) is 0.712. The third-order valence-electron chi connectivity index (χ3n) is 6.67. The summed E-state index contributed by atoms with van der Waals surface area (Å²) in [5, 5.41) is 0. The molecule has 0 aromatic heterocycles. The van der Waals surface area contributed by atoms with Crippen molar-refractivity contribution >= 4 is 49.7 Å². The molecule has 1 aromatic rings. The Morgan fingerprint density at radius 1 is 1.25 bits per heavy atom. The molecule has 4 aliphatic rings. The molecule has 0 radical (unpaired) electrons. The van der Waals surface area contributed by atoms with E-state index in [4.69, 9.17) is 14.2 Å². The Morgan fingerprint density at radius 2 is 2.04 bits per heavy atom.